The first-order valence-electron chi connectivity index (χ1n) is 15.9. The van der Waals surface area contributed by atoms with Crippen molar-refractivity contribution in [3.8, 4) is 0 Å². The third-order valence-electron chi connectivity index (χ3n) is 5.45. The molecular formula is C30H57ClO15. The number of carbonyl (C=O) groups excluding carboxylic acids is 1. The second kappa shape index (κ2) is 40.0. The van der Waals surface area contributed by atoms with Crippen molar-refractivity contribution in [2.45, 2.75) is 25.7 Å². The summed E-state index contributed by atoms with van der Waals surface area (Å²) in [6, 6.07) is 0. The molecule has 0 aromatic carbocycles. The SMILES string of the molecule is O=C(O)CCCCC(=O)OCCOCCOCCOCCOCCOCCOCCOCCOCCOCCOCCOCCCl. The zero-order valence-electron chi connectivity index (χ0n) is 27.3. The van der Waals surface area contributed by atoms with Crippen molar-refractivity contribution in [2.24, 2.45) is 0 Å². The number of rotatable bonds is 40. The number of carboxylic acid groups (broad SMARTS) is 1. The largest absolute Gasteiger partial charge is 0.481 e. The smallest absolute Gasteiger partial charge is 0.305 e. The number of esters is 1. The molecule has 0 aliphatic carbocycles. The van der Waals surface area contributed by atoms with Crippen LogP contribution in [0.3, 0.4) is 0 Å². The first-order valence-corrected chi connectivity index (χ1v) is 16.5. The Morgan fingerprint density at radius 2 is 0.609 bits per heavy atom. The minimum Gasteiger partial charge on any atom is -0.481 e. The van der Waals surface area contributed by atoms with Gasteiger partial charge in [0.15, 0.2) is 0 Å². The topological polar surface area (TPSA) is 165 Å². The Kier molecular flexibility index (Phi) is 38.9. The first kappa shape index (κ1) is 44.8. The molecule has 0 aromatic heterocycles. The molecule has 0 fully saturated rings. The van der Waals surface area contributed by atoms with E-state index >= 15 is 0 Å². The molecule has 0 unspecified atom stereocenters. The van der Waals surface area contributed by atoms with Gasteiger partial charge in [-0.2, -0.15) is 0 Å². The van der Waals surface area contributed by atoms with Crippen molar-refractivity contribution in [3.05, 3.63) is 0 Å². The second-order valence-corrected chi connectivity index (χ2v) is 9.62. The molecule has 0 radical (unpaired) electrons. The van der Waals surface area contributed by atoms with Gasteiger partial charge in [-0.1, -0.05) is 0 Å². The number of carboxylic acids is 1. The summed E-state index contributed by atoms with van der Waals surface area (Å²) in [5, 5.41) is 8.54. The van der Waals surface area contributed by atoms with Crippen LogP contribution in [0.2, 0.25) is 0 Å². The highest BCUT2D eigenvalue weighted by Crippen LogP contribution is 2.01. The van der Waals surface area contributed by atoms with Gasteiger partial charge < -0.3 is 61.9 Å². The molecule has 0 rings (SSSR count). The summed E-state index contributed by atoms with van der Waals surface area (Å²) in [7, 11) is 0. The molecule has 0 atom stereocenters. The lowest BCUT2D eigenvalue weighted by atomic mass is 10.2. The van der Waals surface area contributed by atoms with Crippen LogP contribution in [-0.4, -0.2) is 175 Å². The number of unbranched alkanes of at least 4 members (excludes halogenated alkanes) is 1. The molecule has 16 heteroatoms. The van der Waals surface area contributed by atoms with Gasteiger partial charge >= 0.3 is 11.9 Å². The molecule has 0 saturated carbocycles. The molecule has 0 bridgehead atoms. The van der Waals surface area contributed by atoms with E-state index < -0.39 is 5.97 Å². The summed E-state index contributed by atoms with van der Waals surface area (Å²) in [4.78, 5) is 21.9. The van der Waals surface area contributed by atoms with Crippen LogP contribution in [0.1, 0.15) is 25.7 Å². The van der Waals surface area contributed by atoms with Gasteiger partial charge in [-0.3, -0.25) is 9.59 Å². The molecule has 0 aromatic rings. The number of hydrogen-bond donors (Lipinski definition) is 1. The van der Waals surface area contributed by atoms with Crippen LogP contribution >= 0.6 is 11.6 Å². The molecule has 0 spiro atoms. The number of alkyl halides is 1. The molecule has 0 amide bonds. The molecule has 46 heavy (non-hydrogen) atoms. The Bertz CT molecular complexity index is 633. The zero-order chi connectivity index (χ0) is 33.4. The van der Waals surface area contributed by atoms with E-state index in [4.69, 9.17) is 73.5 Å². The molecule has 15 nitrogen and oxygen atoms in total. The van der Waals surface area contributed by atoms with Crippen molar-refractivity contribution < 1.29 is 71.5 Å². The fourth-order valence-electron chi connectivity index (χ4n) is 3.19. The van der Waals surface area contributed by atoms with Gasteiger partial charge in [0, 0.05) is 18.7 Å². The van der Waals surface area contributed by atoms with Gasteiger partial charge in [-0.05, 0) is 12.8 Å². The monoisotopic (exact) mass is 692 g/mol. The molecule has 1 N–H and O–H groups in total. The zero-order valence-corrected chi connectivity index (χ0v) is 28.1. The number of ether oxygens (including phenoxy) is 12. The van der Waals surface area contributed by atoms with Gasteiger partial charge in [0.05, 0.1) is 145 Å². The molecule has 0 saturated heterocycles. The van der Waals surface area contributed by atoms with E-state index in [9.17, 15) is 9.59 Å². The van der Waals surface area contributed by atoms with Gasteiger partial charge in [-0.25, -0.2) is 0 Å². The van der Waals surface area contributed by atoms with Crippen molar-refractivity contribution in [3.63, 3.8) is 0 Å². The standard InChI is InChI=1S/C30H57ClO15/c31-5-6-35-7-8-36-9-10-37-11-12-38-13-14-39-15-16-40-17-18-41-19-20-42-21-22-43-23-24-44-25-26-45-27-28-46-30(34)4-2-1-3-29(32)33/h1-28H2,(H,32,33). The quantitative estimate of drug-likeness (QED) is 0.0559. The molecule has 0 heterocycles. The predicted octanol–water partition coefficient (Wildman–Crippen LogP) is 1.60. The van der Waals surface area contributed by atoms with Crippen LogP contribution in [0.25, 0.3) is 0 Å². The van der Waals surface area contributed by atoms with Crippen molar-refractivity contribution in [1.82, 2.24) is 0 Å². The lowest BCUT2D eigenvalue weighted by molar-refractivity contribution is -0.146. The lowest BCUT2D eigenvalue weighted by Crippen LogP contribution is -2.15. The van der Waals surface area contributed by atoms with E-state index in [1.807, 2.05) is 0 Å². The van der Waals surface area contributed by atoms with E-state index in [2.05, 4.69) is 0 Å². The highest BCUT2D eigenvalue weighted by atomic mass is 35.5. The van der Waals surface area contributed by atoms with E-state index in [0.29, 0.717) is 157 Å². The van der Waals surface area contributed by atoms with Crippen LogP contribution in [0.4, 0.5) is 0 Å². The van der Waals surface area contributed by atoms with Gasteiger partial charge in [0.2, 0.25) is 0 Å². The van der Waals surface area contributed by atoms with Gasteiger partial charge in [-0.15, -0.1) is 11.6 Å². The van der Waals surface area contributed by atoms with Crippen molar-refractivity contribution >= 4 is 23.5 Å². The van der Waals surface area contributed by atoms with Crippen LogP contribution < -0.4 is 0 Å². The molecular weight excluding hydrogens is 636 g/mol. The average molecular weight is 693 g/mol. The molecule has 0 aliphatic rings. The summed E-state index contributed by atoms with van der Waals surface area (Å²) in [6.07, 6.45) is 1.23. The number of hydrogen-bond acceptors (Lipinski definition) is 14. The Hall–Kier alpha value is -1.21. The maximum absolute atomic E-state index is 11.5. The Morgan fingerprint density at radius 3 is 0.870 bits per heavy atom. The number of aliphatic carboxylic acids is 1. The minimum atomic E-state index is -0.864. The van der Waals surface area contributed by atoms with E-state index in [0.717, 1.165) is 0 Å². The fraction of sp³-hybridized carbons (Fsp3) is 0.933. The summed E-state index contributed by atoms with van der Waals surface area (Å²) < 4.78 is 64.4. The third kappa shape index (κ3) is 40.8. The number of carbonyl (C=O) groups is 2. The van der Waals surface area contributed by atoms with Crippen LogP contribution in [0.5, 0.6) is 0 Å². The van der Waals surface area contributed by atoms with Crippen molar-refractivity contribution in [1.29, 1.82) is 0 Å². The lowest BCUT2D eigenvalue weighted by Gasteiger charge is -2.09. The number of halogens is 1. The Morgan fingerprint density at radius 1 is 0.370 bits per heavy atom. The van der Waals surface area contributed by atoms with Crippen LogP contribution in [0, 0.1) is 0 Å². The summed E-state index contributed by atoms with van der Waals surface area (Å²) in [5.74, 6) is -0.722. The Balaban J connectivity index is 3.09. The van der Waals surface area contributed by atoms with Gasteiger partial charge in [0.1, 0.15) is 6.61 Å². The first-order chi connectivity index (χ1) is 22.7. The summed E-state index contributed by atoms with van der Waals surface area (Å²) in [5.41, 5.74) is 0. The van der Waals surface area contributed by atoms with Gasteiger partial charge in [0.25, 0.3) is 0 Å². The molecule has 274 valence electrons. The maximum Gasteiger partial charge on any atom is 0.305 e. The maximum atomic E-state index is 11.5. The summed E-state index contributed by atoms with van der Waals surface area (Å²) in [6.45, 7) is 10.6. The van der Waals surface area contributed by atoms with Crippen LogP contribution in [0.15, 0.2) is 0 Å². The fourth-order valence-corrected chi connectivity index (χ4v) is 3.30. The Labute approximate surface area is 278 Å². The van der Waals surface area contributed by atoms with Crippen molar-refractivity contribution in [2.75, 3.05) is 158 Å². The van der Waals surface area contributed by atoms with Crippen LogP contribution in [-0.2, 0) is 66.4 Å². The third-order valence-corrected chi connectivity index (χ3v) is 5.61. The van der Waals surface area contributed by atoms with E-state index in [1.54, 1.807) is 0 Å². The average Bonchev–Trinajstić information content (AvgIpc) is 3.05. The highest BCUT2D eigenvalue weighted by Gasteiger charge is 2.04. The summed E-state index contributed by atoms with van der Waals surface area (Å²) >= 11 is 5.50. The normalized spacial score (nSPS) is 11.3. The highest BCUT2D eigenvalue weighted by molar-refractivity contribution is 6.17. The van der Waals surface area contributed by atoms with E-state index in [-0.39, 0.29) is 32.0 Å². The van der Waals surface area contributed by atoms with E-state index in [1.165, 1.54) is 0 Å². The molecule has 0 aliphatic heterocycles. The minimum absolute atomic E-state index is 0.0594. The second-order valence-electron chi connectivity index (χ2n) is 9.25. The predicted molar refractivity (Wildman–Crippen MR) is 167 cm³/mol.